The Morgan fingerprint density at radius 2 is 2.00 bits per heavy atom. The van der Waals surface area contributed by atoms with Crippen molar-refractivity contribution in [1.29, 1.82) is 0 Å². The summed E-state index contributed by atoms with van der Waals surface area (Å²) in [6.45, 7) is 2.10. The van der Waals surface area contributed by atoms with E-state index in [1.807, 2.05) is 22.4 Å². The van der Waals surface area contributed by atoms with Gasteiger partial charge >= 0.3 is 0 Å². The Hall–Kier alpha value is -1.88. The maximum absolute atomic E-state index is 13.5. The molecule has 1 aliphatic heterocycles. The normalized spacial score (nSPS) is 15.6. The summed E-state index contributed by atoms with van der Waals surface area (Å²) >= 11 is 1.49. The maximum atomic E-state index is 13.5. The number of hydrogen-bond donors (Lipinski definition) is 0. The van der Waals surface area contributed by atoms with Crippen LogP contribution >= 0.6 is 11.3 Å². The molecule has 2 heterocycles. The van der Waals surface area contributed by atoms with Gasteiger partial charge in [-0.2, -0.15) is 0 Å². The fraction of sp³-hybridized carbons (Fsp3) is 0.389. The van der Waals surface area contributed by atoms with Crippen molar-refractivity contribution in [2.24, 2.45) is 5.92 Å². The third kappa shape index (κ3) is 4.10. The van der Waals surface area contributed by atoms with E-state index in [-0.39, 0.29) is 11.7 Å². The van der Waals surface area contributed by atoms with Crippen molar-refractivity contribution in [2.75, 3.05) is 19.7 Å². The number of benzene rings is 1. The molecule has 3 rings (SSSR count). The van der Waals surface area contributed by atoms with Gasteiger partial charge in [-0.25, -0.2) is 4.39 Å². The molecule has 122 valence electrons. The third-order valence-electron chi connectivity index (χ3n) is 4.25. The van der Waals surface area contributed by atoms with E-state index in [0.717, 1.165) is 37.2 Å². The number of thiophene rings is 1. The Morgan fingerprint density at radius 1 is 1.22 bits per heavy atom. The second-order valence-corrected chi connectivity index (χ2v) is 6.73. The van der Waals surface area contributed by atoms with Crippen molar-refractivity contribution in [3.05, 3.63) is 52.5 Å². The molecule has 1 aromatic heterocycles. The highest BCUT2D eigenvalue weighted by molar-refractivity contribution is 7.12. The summed E-state index contributed by atoms with van der Waals surface area (Å²) in [4.78, 5) is 15.0. The lowest BCUT2D eigenvalue weighted by atomic mass is 9.94. The molecule has 1 aliphatic rings. The predicted molar refractivity (Wildman–Crippen MR) is 89.5 cm³/mol. The number of ether oxygens (including phenoxy) is 1. The number of amides is 1. The van der Waals surface area contributed by atoms with Gasteiger partial charge in [0.15, 0.2) is 11.6 Å². The Morgan fingerprint density at radius 3 is 2.70 bits per heavy atom. The molecule has 0 bridgehead atoms. The summed E-state index contributed by atoms with van der Waals surface area (Å²) in [6.07, 6.45) is 2.87. The van der Waals surface area contributed by atoms with Crippen molar-refractivity contribution in [1.82, 2.24) is 4.90 Å². The standard InChI is InChI=1S/C18H20FNO2S/c19-15-4-1-2-5-16(15)22-12-9-14-7-10-20(11-8-14)18(21)17-6-3-13-23-17/h1-6,13-14H,7-12H2. The number of rotatable bonds is 5. The van der Waals surface area contributed by atoms with Gasteiger partial charge in [-0.1, -0.05) is 18.2 Å². The number of nitrogens with zero attached hydrogens (tertiary/aromatic N) is 1. The quantitative estimate of drug-likeness (QED) is 0.820. The monoisotopic (exact) mass is 333 g/mol. The van der Waals surface area contributed by atoms with Gasteiger partial charge in [0.05, 0.1) is 11.5 Å². The van der Waals surface area contributed by atoms with Crippen LogP contribution in [0.15, 0.2) is 41.8 Å². The number of piperidine rings is 1. The molecule has 0 N–H and O–H groups in total. The lowest BCUT2D eigenvalue weighted by molar-refractivity contribution is 0.0684. The highest BCUT2D eigenvalue weighted by Crippen LogP contribution is 2.24. The van der Waals surface area contributed by atoms with E-state index in [1.165, 1.54) is 17.4 Å². The van der Waals surface area contributed by atoms with Crippen molar-refractivity contribution < 1.29 is 13.9 Å². The van der Waals surface area contributed by atoms with E-state index in [1.54, 1.807) is 18.2 Å². The van der Waals surface area contributed by atoms with Crippen LogP contribution in [0, 0.1) is 11.7 Å². The van der Waals surface area contributed by atoms with Gasteiger partial charge in [0.1, 0.15) is 0 Å². The minimum atomic E-state index is -0.316. The molecule has 2 aromatic rings. The molecule has 0 radical (unpaired) electrons. The van der Waals surface area contributed by atoms with E-state index in [0.29, 0.717) is 18.3 Å². The van der Waals surface area contributed by atoms with E-state index in [2.05, 4.69) is 0 Å². The first-order chi connectivity index (χ1) is 11.2. The molecule has 1 amide bonds. The fourth-order valence-corrected chi connectivity index (χ4v) is 3.57. The number of halogens is 1. The fourth-order valence-electron chi connectivity index (χ4n) is 2.88. The van der Waals surface area contributed by atoms with Crippen LogP contribution in [0.2, 0.25) is 0 Å². The molecule has 1 fully saturated rings. The van der Waals surface area contributed by atoms with Crippen molar-refractivity contribution in [3.8, 4) is 5.75 Å². The molecule has 0 unspecified atom stereocenters. The van der Waals surface area contributed by atoms with Gasteiger partial charge in [-0.3, -0.25) is 4.79 Å². The molecule has 0 spiro atoms. The number of carbonyl (C=O) groups is 1. The molecule has 3 nitrogen and oxygen atoms in total. The van der Waals surface area contributed by atoms with Gasteiger partial charge < -0.3 is 9.64 Å². The third-order valence-corrected chi connectivity index (χ3v) is 5.11. The van der Waals surface area contributed by atoms with Gasteiger partial charge in [-0.05, 0) is 48.8 Å². The van der Waals surface area contributed by atoms with Crippen molar-refractivity contribution in [3.63, 3.8) is 0 Å². The van der Waals surface area contributed by atoms with Crippen LogP contribution in [-0.2, 0) is 0 Å². The van der Waals surface area contributed by atoms with Gasteiger partial charge in [0.25, 0.3) is 5.91 Å². The van der Waals surface area contributed by atoms with E-state index in [4.69, 9.17) is 4.74 Å². The SMILES string of the molecule is O=C(c1cccs1)N1CCC(CCOc2ccccc2F)CC1. The Balaban J connectivity index is 1.41. The molecule has 1 saturated heterocycles. The topological polar surface area (TPSA) is 29.5 Å². The zero-order valence-corrected chi connectivity index (χ0v) is 13.7. The molecule has 0 aliphatic carbocycles. The van der Waals surface area contributed by atoms with Gasteiger partial charge in [0.2, 0.25) is 0 Å². The van der Waals surface area contributed by atoms with E-state index < -0.39 is 0 Å². The van der Waals surface area contributed by atoms with Crippen LogP contribution in [0.5, 0.6) is 5.75 Å². The van der Waals surface area contributed by atoms with Crippen molar-refractivity contribution >= 4 is 17.2 Å². The summed E-state index contributed by atoms with van der Waals surface area (Å²) in [5, 5.41) is 1.93. The van der Waals surface area contributed by atoms with Crippen LogP contribution in [0.1, 0.15) is 28.9 Å². The van der Waals surface area contributed by atoms with E-state index >= 15 is 0 Å². The lowest BCUT2D eigenvalue weighted by Crippen LogP contribution is -2.38. The Kier molecular flexibility index (Phi) is 5.28. The smallest absolute Gasteiger partial charge is 0.263 e. The highest BCUT2D eigenvalue weighted by atomic mass is 32.1. The summed E-state index contributed by atoms with van der Waals surface area (Å²) < 4.78 is 19.0. The minimum absolute atomic E-state index is 0.140. The summed E-state index contributed by atoms with van der Waals surface area (Å²) in [7, 11) is 0. The number of carbonyl (C=O) groups excluding carboxylic acids is 1. The largest absolute Gasteiger partial charge is 0.491 e. The van der Waals surface area contributed by atoms with Crippen LogP contribution in [-0.4, -0.2) is 30.5 Å². The van der Waals surface area contributed by atoms with E-state index in [9.17, 15) is 9.18 Å². The lowest BCUT2D eigenvalue weighted by Gasteiger charge is -2.31. The maximum Gasteiger partial charge on any atom is 0.263 e. The molecule has 5 heteroatoms. The van der Waals surface area contributed by atoms with Crippen LogP contribution in [0.3, 0.4) is 0 Å². The zero-order chi connectivity index (χ0) is 16.1. The molecule has 0 atom stereocenters. The first kappa shape index (κ1) is 16.0. The molecular formula is C18H20FNO2S. The molecule has 23 heavy (non-hydrogen) atoms. The number of likely N-dealkylation sites (tertiary alicyclic amines) is 1. The minimum Gasteiger partial charge on any atom is -0.491 e. The predicted octanol–water partition coefficient (Wildman–Crippen LogP) is 4.21. The number of para-hydroxylation sites is 1. The highest BCUT2D eigenvalue weighted by Gasteiger charge is 2.24. The van der Waals surface area contributed by atoms with Crippen LogP contribution in [0.25, 0.3) is 0 Å². The first-order valence-electron chi connectivity index (χ1n) is 7.94. The average Bonchev–Trinajstić information content (AvgIpc) is 3.11. The molecule has 0 saturated carbocycles. The summed E-state index contributed by atoms with van der Waals surface area (Å²) in [6, 6.07) is 10.3. The zero-order valence-electron chi connectivity index (χ0n) is 12.9. The Bertz CT molecular complexity index is 636. The molecule has 1 aromatic carbocycles. The summed E-state index contributed by atoms with van der Waals surface area (Å²) in [5.74, 6) is 0.678. The first-order valence-corrected chi connectivity index (χ1v) is 8.82. The molecular weight excluding hydrogens is 313 g/mol. The van der Waals surface area contributed by atoms with Crippen molar-refractivity contribution in [2.45, 2.75) is 19.3 Å². The number of hydrogen-bond acceptors (Lipinski definition) is 3. The average molecular weight is 333 g/mol. The second-order valence-electron chi connectivity index (χ2n) is 5.78. The van der Waals surface area contributed by atoms with Gasteiger partial charge in [0, 0.05) is 13.1 Å². The van der Waals surface area contributed by atoms with Crippen LogP contribution < -0.4 is 4.74 Å². The van der Waals surface area contributed by atoms with Gasteiger partial charge in [-0.15, -0.1) is 11.3 Å². The van der Waals surface area contributed by atoms with Crippen LogP contribution in [0.4, 0.5) is 4.39 Å². The Labute approximate surface area is 139 Å². The summed E-state index contributed by atoms with van der Waals surface area (Å²) in [5.41, 5.74) is 0. The second kappa shape index (κ2) is 7.59.